The van der Waals surface area contributed by atoms with E-state index in [1.165, 1.54) is 44.5 Å². The average Bonchev–Trinajstić information content (AvgIpc) is 2.91. The van der Waals surface area contributed by atoms with Crippen LogP contribution in [0.2, 0.25) is 0 Å². The Morgan fingerprint density at radius 2 is 1.27 bits per heavy atom. The van der Waals surface area contributed by atoms with E-state index >= 15 is 0 Å². The standard InChI is InChI=1S/C28H24.C2H6/c1-20-12-16-22(17-13-20)28(23-18-14-21(2)15-19-23)26-10-5-3-4-8-24(26)25-9-6-7-11-27(25)28;1-2/h3-4,6-19H,5H2,1-2H3;1-2H3. The highest BCUT2D eigenvalue weighted by molar-refractivity contribution is 5.94. The van der Waals surface area contributed by atoms with Crippen LogP contribution in [0.15, 0.2) is 103 Å². The van der Waals surface area contributed by atoms with Crippen LogP contribution < -0.4 is 0 Å². The predicted octanol–water partition coefficient (Wildman–Crippen LogP) is 7.95. The molecule has 0 atom stereocenters. The van der Waals surface area contributed by atoms with Gasteiger partial charge in [-0.25, -0.2) is 0 Å². The fourth-order valence-electron chi connectivity index (χ4n) is 4.80. The number of rotatable bonds is 2. The smallest absolute Gasteiger partial charge is 0.0710 e. The van der Waals surface area contributed by atoms with Gasteiger partial charge in [-0.15, -0.1) is 0 Å². The first-order valence-electron chi connectivity index (χ1n) is 11.0. The molecule has 5 rings (SSSR count). The van der Waals surface area contributed by atoms with Crippen LogP contribution in [0.25, 0.3) is 5.57 Å². The molecule has 30 heavy (non-hydrogen) atoms. The molecule has 0 spiro atoms. The normalized spacial score (nSPS) is 15.7. The molecule has 150 valence electrons. The van der Waals surface area contributed by atoms with Gasteiger partial charge >= 0.3 is 0 Å². The Labute approximate surface area is 181 Å². The number of allylic oxidation sites excluding steroid dienone is 6. The molecule has 0 N–H and O–H groups in total. The number of hydrogen-bond acceptors (Lipinski definition) is 0. The lowest BCUT2D eigenvalue weighted by Crippen LogP contribution is -2.28. The van der Waals surface area contributed by atoms with Crippen LogP contribution in [0.3, 0.4) is 0 Å². The summed E-state index contributed by atoms with van der Waals surface area (Å²) >= 11 is 0. The molecule has 2 aliphatic rings. The quantitative estimate of drug-likeness (QED) is 0.416. The Morgan fingerprint density at radius 3 is 1.87 bits per heavy atom. The largest absolute Gasteiger partial charge is 0.0807 e. The van der Waals surface area contributed by atoms with E-state index in [1.807, 2.05) is 13.8 Å². The summed E-state index contributed by atoms with van der Waals surface area (Å²) in [5.41, 5.74) is 10.5. The van der Waals surface area contributed by atoms with E-state index in [-0.39, 0.29) is 5.41 Å². The fraction of sp³-hybridized carbons (Fsp3) is 0.200. The zero-order valence-corrected chi connectivity index (χ0v) is 18.4. The molecule has 0 saturated carbocycles. The van der Waals surface area contributed by atoms with Crippen molar-refractivity contribution in [1.82, 2.24) is 0 Å². The lowest BCUT2D eigenvalue weighted by Gasteiger charge is -2.34. The summed E-state index contributed by atoms with van der Waals surface area (Å²) in [6.45, 7) is 8.32. The van der Waals surface area contributed by atoms with E-state index in [9.17, 15) is 0 Å². The van der Waals surface area contributed by atoms with Crippen molar-refractivity contribution in [3.05, 3.63) is 136 Å². The molecule has 0 heteroatoms. The summed E-state index contributed by atoms with van der Waals surface area (Å²) in [4.78, 5) is 0. The molecule has 0 aliphatic heterocycles. The van der Waals surface area contributed by atoms with E-state index in [1.54, 1.807) is 0 Å². The van der Waals surface area contributed by atoms with Crippen molar-refractivity contribution in [2.45, 2.75) is 39.5 Å². The second-order valence-electron chi connectivity index (χ2n) is 7.89. The summed E-state index contributed by atoms with van der Waals surface area (Å²) < 4.78 is 0. The zero-order valence-electron chi connectivity index (χ0n) is 18.4. The molecule has 3 aromatic rings. The molecular weight excluding hydrogens is 360 g/mol. The number of fused-ring (bicyclic) bond motifs is 3. The molecule has 0 fully saturated rings. The lowest BCUT2D eigenvalue weighted by molar-refractivity contribution is 0.765. The molecular formula is C30H30. The Kier molecular flexibility index (Phi) is 5.59. The maximum Gasteiger partial charge on any atom is 0.0710 e. The lowest BCUT2D eigenvalue weighted by atomic mass is 9.67. The van der Waals surface area contributed by atoms with Crippen LogP contribution in [0, 0.1) is 13.8 Å². The predicted molar refractivity (Wildman–Crippen MR) is 130 cm³/mol. The first-order valence-corrected chi connectivity index (χ1v) is 11.0. The third-order valence-corrected chi connectivity index (χ3v) is 6.14. The van der Waals surface area contributed by atoms with Gasteiger partial charge in [-0.1, -0.05) is 122 Å². The summed E-state index contributed by atoms with van der Waals surface area (Å²) in [5, 5.41) is 0. The van der Waals surface area contributed by atoms with E-state index in [2.05, 4.69) is 111 Å². The van der Waals surface area contributed by atoms with Gasteiger partial charge in [0.25, 0.3) is 0 Å². The Morgan fingerprint density at radius 1 is 0.700 bits per heavy atom. The highest BCUT2D eigenvalue weighted by Crippen LogP contribution is 2.57. The topological polar surface area (TPSA) is 0 Å². The molecule has 0 aromatic heterocycles. The molecule has 0 bridgehead atoms. The maximum absolute atomic E-state index is 2.43. The second-order valence-corrected chi connectivity index (χ2v) is 7.89. The summed E-state index contributed by atoms with van der Waals surface area (Å²) in [6, 6.07) is 27.1. The molecule has 0 radical (unpaired) electrons. The average molecular weight is 391 g/mol. The fourth-order valence-corrected chi connectivity index (χ4v) is 4.80. The molecule has 3 aromatic carbocycles. The molecule has 2 aliphatic carbocycles. The second kappa shape index (κ2) is 8.32. The van der Waals surface area contributed by atoms with Gasteiger partial charge < -0.3 is 0 Å². The van der Waals surface area contributed by atoms with Crippen molar-refractivity contribution in [1.29, 1.82) is 0 Å². The Hall–Kier alpha value is -3.12. The van der Waals surface area contributed by atoms with Gasteiger partial charge in [0.2, 0.25) is 0 Å². The van der Waals surface area contributed by atoms with Crippen LogP contribution in [0.5, 0.6) is 0 Å². The minimum Gasteiger partial charge on any atom is -0.0807 e. The first-order chi connectivity index (χ1) is 14.7. The van der Waals surface area contributed by atoms with E-state index < -0.39 is 0 Å². The van der Waals surface area contributed by atoms with Gasteiger partial charge in [0, 0.05) is 0 Å². The molecule has 0 nitrogen and oxygen atoms in total. The Bertz CT molecular complexity index is 1070. The summed E-state index contributed by atoms with van der Waals surface area (Å²) in [7, 11) is 0. The minimum atomic E-state index is -0.268. The van der Waals surface area contributed by atoms with Crippen molar-refractivity contribution < 1.29 is 0 Å². The first kappa shape index (κ1) is 20.2. The van der Waals surface area contributed by atoms with E-state index in [4.69, 9.17) is 0 Å². The SMILES string of the molecule is CC.Cc1ccc(C2(c3ccc(C)cc3)C3=CCC=CC=C3c3ccccc32)cc1. The van der Waals surface area contributed by atoms with Gasteiger partial charge in [0.15, 0.2) is 0 Å². The van der Waals surface area contributed by atoms with Gasteiger partial charge in [0.1, 0.15) is 0 Å². The minimum absolute atomic E-state index is 0.268. The third-order valence-electron chi connectivity index (χ3n) is 6.14. The van der Waals surface area contributed by atoms with Crippen molar-refractivity contribution in [2.24, 2.45) is 0 Å². The highest BCUT2D eigenvalue weighted by Gasteiger charge is 2.47. The van der Waals surface area contributed by atoms with Crippen molar-refractivity contribution in [2.75, 3.05) is 0 Å². The summed E-state index contributed by atoms with van der Waals surface area (Å²) in [6.07, 6.45) is 10.1. The monoisotopic (exact) mass is 390 g/mol. The highest BCUT2D eigenvalue weighted by atomic mass is 14.5. The van der Waals surface area contributed by atoms with Crippen LogP contribution in [0.4, 0.5) is 0 Å². The van der Waals surface area contributed by atoms with Crippen molar-refractivity contribution in [3.8, 4) is 0 Å². The van der Waals surface area contributed by atoms with Gasteiger partial charge in [-0.05, 0) is 53.7 Å². The molecule has 0 heterocycles. The van der Waals surface area contributed by atoms with Crippen LogP contribution >= 0.6 is 0 Å². The third kappa shape index (κ3) is 3.08. The van der Waals surface area contributed by atoms with Crippen molar-refractivity contribution in [3.63, 3.8) is 0 Å². The molecule has 0 saturated heterocycles. The molecule has 0 amide bonds. The Balaban J connectivity index is 0.00000106. The van der Waals surface area contributed by atoms with Crippen LogP contribution in [-0.2, 0) is 5.41 Å². The number of hydrogen-bond donors (Lipinski definition) is 0. The van der Waals surface area contributed by atoms with Gasteiger partial charge in [-0.3, -0.25) is 0 Å². The van der Waals surface area contributed by atoms with Crippen LogP contribution in [0.1, 0.15) is 53.6 Å². The maximum atomic E-state index is 2.43. The van der Waals surface area contributed by atoms with Crippen molar-refractivity contribution >= 4 is 5.57 Å². The molecule has 0 unspecified atom stereocenters. The van der Waals surface area contributed by atoms with E-state index in [0.717, 1.165) is 6.42 Å². The number of benzene rings is 3. The van der Waals surface area contributed by atoms with Crippen LogP contribution in [-0.4, -0.2) is 0 Å². The van der Waals surface area contributed by atoms with Gasteiger partial charge in [-0.2, -0.15) is 0 Å². The zero-order chi connectivity index (χ0) is 21.1. The van der Waals surface area contributed by atoms with E-state index in [0.29, 0.717) is 0 Å². The summed E-state index contributed by atoms with van der Waals surface area (Å²) in [5.74, 6) is 0. The number of aryl methyl sites for hydroxylation is 2. The van der Waals surface area contributed by atoms with Gasteiger partial charge in [0.05, 0.1) is 5.41 Å².